The van der Waals surface area contributed by atoms with Crippen LogP contribution < -0.4 is 5.32 Å². The van der Waals surface area contributed by atoms with Crippen LogP contribution in [0.25, 0.3) is 0 Å². The van der Waals surface area contributed by atoms with E-state index < -0.39 is 0 Å². The molecule has 1 atom stereocenters. The summed E-state index contributed by atoms with van der Waals surface area (Å²) in [7, 11) is 1.87. The summed E-state index contributed by atoms with van der Waals surface area (Å²) >= 11 is 0. The molecule has 1 aliphatic rings. The van der Waals surface area contributed by atoms with Gasteiger partial charge in [-0.15, -0.1) is 0 Å². The number of likely N-dealkylation sites (tertiary alicyclic amines) is 1. The van der Waals surface area contributed by atoms with Gasteiger partial charge in [0.1, 0.15) is 0 Å². The van der Waals surface area contributed by atoms with Crippen LogP contribution in [0.15, 0.2) is 0 Å². The molecule has 3 nitrogen and oxygen atoms in total. The first-order chi connectivity index (χ1) is 6.03. The van der Waals surface area contributed by atoms with Crippen LogP contribution in [0.4, 0.5) is 0 Å². The van der Waals surface area contributed by atoms with Gasteiger partial charge in [0, 0.05) is 19.6 Å². The molecule has 3 heteroatoms. The molecule has 1 heterocycles. The van der Waals surface area contributed by atoms with Gasteiger partial charge >= 0.3 is 0 Å². The van der Waals surface area contributed by atoms with Crippen molar-refractivity contribution in [1.82, 2.24) is 10.2 Å². The van der Waals surface area contributed by atoms with Crippen LogP contribution in [-0.2, 0) is 0 Å². The Kier molecular flexibility index (Phi) is 3.71. The van der Waals surface area contributed by atoms with E-state index in [1.807, 2.05) is 7.05 Å². The van der Waals surface area contributed by atoms with E-state index in [4.69, 9.17) is 0 Å². The van der Waals surface area contributed by atoms with Crippen molar-refractivity contribution in [3.63, 3.8) is 0 Å². The Hall–Kier alpha value is -0.120. The molecule has 1 aliphatic heterocycles. The number of nitrogens with one attached hydrogen (secondary N) is 1. The zero-order valence-corrected chi connectivity index (χ0v) is 9.01. The first-order valence-electron chi connectivity index (χ1n) is 5.08. The van der Waals surface area contributed by atoms with Crippen molar-refractivity contribution in [2.45, 2.75) is 26.4 Å². The van der Waals surface area contributed by atoms with Crippen molar-refractivity contribution in [3.05, 3.63) is 0 Å². The van der Waals surface area contributed by atoms with Crippen LogP contribution in [0.2, 0.25) is 0 Å². The van der Waals surface area contributed by atoms with E-state index >= 15 is 0 Å². The normalized spacial score (nSPS) is 24.9. The molecule has 0 spiro atoms. The number of likely N-dealkylation sites (N-methyl/N-ethyl adjacent to an activating group) is 1. The number of hydrogen-bond acceptors (Lipinski definition) is 3. The van der Waals surface area contributed by atoms with E-state index in [1.54, 1.807) is 0 Å². The fourth-order valence-corrected chi connectivity index (χ4v) is 1.98. The minimum atomic E-state index is -0.223. The number of nitrogens with zero attached hydrogens (tertiary/aromatic N) is 1. The Morgan fingerprint density at radius 1 is 1.54 bits per heavy atom. The topological polar surface area (TPSA) is 35.5 Å². The van der Waals surface area contributed by atoms with Crippen molar-refractivity contribution >= 4 is 0 Å². The average Bonchev–Trinajstić information content (AvgIpc) is 2.30. The SMILES string of the molecule is CNCC(O)CN1CCC(C)(C)C1. The van der Waals surface area contributed by atoms with Gasteiger partial charge in [0.2, 0.25) is 0 Å². The second kappa shape index (κ2) is 4.40. The molecule has 0 radical (unpaired) electrons. The number of hydrogen-bond donors (Lipinski definition) is 2. The summed E-state index contributed by atoms with van der Waals surface area (Å²) in [5.74, 6) is 0. The minimum absolute atomic E-state index is 0.223. The summed E-state index contributed by atoms with van der Waals surface area (Å²) in [4.78, 5) is 2.35. The number of rotatable bonds is 4. The number of aliphatic hydroxyl groups is 1. The van der Waals surface area contributed by atoms with Gasteiger partial charge in [-0.05, 0) is 25.4 Å². The highest BCUT2D eigenvalue weighted by Crippen LogP contribution is 2.28. The van der Waals surface area contributed by atoms with Crippen LogP contribution in [0.1, 0.15) is 20.3 Å². The highest BCUT2D eigenvalue weighted by molar-refractivity contribution is 4.83. The average molecular weight is 186 g/mol. The molecular weight excluding hydrogens is 164 g/mol. The van der Waals surface area contributed by atoms with Gasteiger partial charge in [0.25, 0.3) is 0 Å². The second-order valence-electron chi connectivity index (χ2n) is 4.86. The predicted molar refractivity (Wildman–Crippen MR) is 54.8 cm³/mol. The van der Waals surface area contributed by atoms with Crippen LogP contribution in [0.3, 0.4) is 0 Å². The van der Waals surface area contributed by atoms with Crippen molar-refractivity contribution in [1.29, 1.82) is 0 Å². The Balaban J connectivity index is 2.24. The van der Waals surface area contributed by atoms with Crippen molar-refractivity contribution in [2.24, 2.45) is 5.41 Å². The fraction of sp³-hybridized carbons (Fsp3) is 1.00. The molecular formula is C10H22N2O. The number of β-amino-alcohol motifs (C(OH)–C–C–N with tert-alkyl or cyclic N) is 1. The summed E-state index contributed by atoms with van der Waals surface area (Å²) in [6.45, 7) is 8.33. The minimum Gasteiger partial charge on any atom is -0.390 e. The molecule has 0 aliphatic carbocycles. The summed E-state index contributed by atoms with van der Waals surface area (Å²) in [6, 6.07) is 0. The molecule has 0 aromatic rings. The van der Waals surface area contributed by atoms with Gasteiger partial charge in [0.15, 0.2) is 0 Å². The first kappa shape index (κ1) is 11.0. The Morgan fingerprint density at radius 3 is 2.69 bits per heavy atom. The first-order valence-corrected chi connectivity index (χ1v) is 5.08. The largest absolute Gasteiger partial charge is 0.390 e. The Labute approximate surface area is 81.1 Å². The lowest BCUT2D eigenvalue weighted by molar-refractivity contribution is 0.120. The fourth-order valence-electron chi connectivity index (χ4n) is 1.98. The molecule has 0 aromatic heterocycles. The highest BCUT2D eigenvalue weighted by Gasteiger charge is 2.29. The maximum absolute atomic E-state index is 9.58. The Morgan fingerprint density at radius 2 is 2.23 bits per heavy atom. The molecule has 0 bridgehead atoms. The van der Waals surface area contributed by atoms with E-state index in [-0.39, 0.29) is 6.10 Å². The molecule has 0 saturated carbocycles. The van der Waals surface area contributed by atoms with Gasteiger partial charge < -0.3 is 15.3 Å². The molecule has 0 aromatic carbocycles. The molecule has 13 heavy (non-hydrogen) atoms. The standard InChI is InChI=1S/C10H22N2O/c1-10(2)4-5-12(8-10)7-9(13)6-11-3/h9,11,13H,4-8H2,1-3H3. The van der Waals surface area contributed by atoms with E-state index in [0.29, 0.717) is 12.0 Å². The quantitative estimate of drug-likeness (QED) is 0.663. The summed E-state index contributed by atoms with van der Waals surface area (Å²) in [5, 5.41) is 12.6. The van der Waals surface area contributed by atoms with Crippen LogP contribution >= 0.6 is 0 Å². The monoisotopic (exact) mass is 186 g/mol. The lowest BCUT2D eigenvalue weighted by Crippen LogP contribution is -2.36. The summed E-state index contributed by atoms with van der Waals surface area (Å²) in [6.07, 6.45) is 1.03. The summed E-state index contributed by atoms with van der Waals surface area (Å²) in [5.41, 5.74) is 0.444. The smallest absolute Gasteiger partial charge is 0.0791 e. The lowest BCUT2D eigenvalue weighted by Gasteiger charge is -2.22. The van der Waals surface area contributed by atoms with E-state index in [9.17, 15) is 5.11 Å². The van der Waals surface area contributed by atoms with Crippen molar-refractivity contribution in [2.75, 3.05) is 33.2 Å². The second-order valence-corrected chi connectivity index (χ2v) is 4.86. The van der Waals surface area contributed by atoms with Gasteiger partial charge in [-0.25, -0.2) is 0 Å². The third-order valence-corrected chi connectivity index (χ3v) is 2.67. The van der Waals surface area contributed by atoms with Crippen LogP contribution in [-0.4, -0.2) is 49.3 Å². The molecule has 78 valence electrons. The van der Waals surface area contributed by atoms with E-state index in [2.05, 4.69) is 24.1 Å². The molecule has 0 amide bonds. The van der Waals surface area contributed by atoms with Crippen molar-refractivity contribution in [3.8, 4) is 0 Å². The van der Waals surface area contributed by atoms with Gasteiger partial charge in [-0.1, -0.05) is 13.8 Å². The molecule has 2 N–H and O–H groups in total. The third kappa shape index (κ3) is 3.63. The zero-order chi connectivity index (χ0) is 9.90. The molecule has 1 fully saturated rings. The highest BCUT2D eigenvalue weighted by atomic mass is 16.3. The molecule has 1 rings (SSSR count). The summed E-state index contributed by atoms with van der Waals surface area (Å²) < 4.78 is 0. The Bertz CT molecular complexity index is 159. The van der Waals surface area contributed by atoms with Gasteiger partial charge in [-0.2, -0.15) is 0 Å². The predicted octanol–water partition coefficient (Wildman–Crippen LogP) is 0.299. The molecule has 1 saturated heterocycles. The maximum atomic E-state index is 9.58. The van der Waals surface area contributed by atoms with Crippen molar-refractivity contribution < 1.29 is 5.11 Å². The molecule has 1 unspecified atom stereocenters. The van der Waals surface area contributed by atoms with E-state index in [1.165, 1.54) is 6.42 Å². The van der Waals surface area contributed by atoms with Gasteiger partial charge in [0.05, 0.1) is 6.10 Å². The third-order valence-electron chi connectivity index (χ3n) is 2.67. The lowest BCUT2D eigenvalue weighted by atomic mass is 9.93. The number of aliphatic hydroxyl groups excluding tert-OH is 1. The zero-order valence-electron chi connectivity index (χ0n) is 9.01. The van der Waals surface area contributed by atoms with Crippen LogP contribution in [0, 0.1) is 5.41 Å². The van der Waals surface area contributed by atoms with Gasteiger partial charge in [-0.3, -0.25) is 0 Å². The van der Waals surface area contributed by atoms with Crippen LogP contribution in [0.5, 0.6) is 0 Å². The van der Waals surface area contributed by atoms with E-state index in [0.717, 1.165) is 19.6 Å². The maximum Gasteiger partial charge on any atom is 0.0791 e.